The lowest BCUT2D eigenvalue weighted by atomic mass is 10.1. The second-order valence-electron chi connectivity index (χ2n) is 4.37. The summed E-state index contributed by atoms with van der Waals surface area (Å²) in [6.07, 6.45) is -0.273. The summed E-state index contributed by atoms with van der Waals surface area (Å²) >= 11 is 0. The van der Waals surface area contributed by atoms with Crippen LogP contribution in [0.4, 0.5) is 19.0 Å². The molecule has 0 saturated carbocycles. The Kier molecular flexibility index (Phi) is 3.96. The molecule has 0 atom stereocenters. The Morgan fingerprint density at radius 3 is 2.65 bits per heavy atom. The van der Waals surface area contributed by atoms with Gasteiger partial charge in [-0.15, -0.1) is 0 Å². The molecule has 7 heteroatoms. The van der Waals surface area contributed by atoms with Gasteiger partial charge in [-0.3, -0.25) is 4.68 Å². The van der Waals surface area contributed by atoms with Crippen LogP contribution in [0.5, 0.6) is 0 Å². The average Bonchev–Trinajstić information content (AvgIpc) is 2.86. The molecule has 0 aliphatic heterocycles. The molecule has 2 aromatic heterocycles. The van der Waals surface area contributed by atoms with Crippen LogP contribution < -0.4 is 5.32 Å². The maximum atomic E-state index is 12.8. The fourth-order valence-electron chi connectivity index (χ4n) is 1.82. The minimum absolute atomic E-state index is 0.179. The van der Waals surface area contributed by atoms with Crippen LogP contribution in [-0.2, 0) is 12.7 Å². The molecule has 2 rings (SSSR count). The molecule has 0 aromatic carbocycles. The van der Waals surface area contributed by atoms with Crippen LogP contribution in [0, 0.1) is 0 Å². The molecule has 0 bridgehead atoms. The topological polar surface area (TPSA) is 42.7 Å². The smallest absolute Gasteiger partial charge is 0.373 e. The van der Waals surface area contributed by atoms with Gasteiger partial charge >= 0.3 is 6.18 Å². The average molecular weight is 284 g/mol. The molecule has 0 radical (unpaired) electrons. The van der Waals surface area contributed by atoms with Gasteiger partial charge in [-0.05, 0) is 18.6 Å². The number of anilines is 1. The summed E-state index contributed by atoms with van der Waals surface area (Å²) in [4.78, 5) is 4.14. The van der Waals surface area contributed by atoms with Crippen LogP contribution in [0.15, 0.2) is 24.5 Å². The molecule has 0 unspecified atom stereocenters. The lowest BCUT2D eigenvalue weighted by molar-refractivity contribution is -0.137. The minimum Gasteiger partial charge on any atom is -0.373 e. The first kappa shape index (κ1) is 14.4. The van der Waals surface area contributed by atoms with E-state index in [4.69, 9.17) is 0 Å². The van der Waals surface area contributed by atoms with Gasteiger partial charge < -0.3 is 5.32 Å². The molecule has 0 spiro atoms. The van der Waals surface area contributed by atoms with Gasteiger partial charge in [0, 0.05) is 25.4 Å². The predicted molar refractivity (Wildman–Crippen MR) is 70.3 cm³/mol. The Labute approximate surface area is 114 Å². The zero-order valence-electron chi connectivity index (χ0n) is 11.2. The Bertz CT molecular complexity index is 590. The van der Waals surface area contributed by atoms with Gasteiger partial charge in [-0.1, -0.05) is 6.92 Å². The molecule has 0 amide bonds. The van der Waals surface area contributed by atoms with E-state index < -0.39 is 11.7 Å². The summed E-state index contributed by atoms with van der Waals surface area (Å²) < 4.78 is 40.2. The number of nitrogens with zero attached hydrogens (tertiary/aromatic N) is 3. The van der Waals surface area contributed by atoms with Gasteiger partial charge in [0.15, 0.2) is 0 Å². The number of halogens is 3. The SMILES string of the molecule is CCCn1cc(-c2cc(C(F)(F)F)cc(NC)n2)cn1. The van der Waals surface area contributed by atoms with Crippen LogP contribution >= 0.6 is 0 Å². The number of alkyl halides is 3. The van der Waals surface area contributed by atoms with Crippen LogP contribution in [-0.4, -0.2) is 21.8 Å². The van der Waals surface area contributed by atoms with Crippen molar-refractivity contribution in [2.24, 2.45) is 0 Å². The normalized spacial score (nSPS) is 11.7. The third kappa shape index (κ3) is 3.09. The van der Waals surface area contributed by atoms with Gasteiger partial charge in [0.05, 0.1) is 17.5 Å². The number of pyridine rings is 1. The molecule has 2 heterocycles. The van der Waals surface area contributed by atoms with Gasteiger partial charge in [0.2, 0.25) is 0 Å². The minimum atomic E-state index is -4.40. The maximum absolute atomic E-state index is 12.8. The van der Waals surface area contributed by atoms with E-state index in [1.54, 1.807) is 10.9 Å². The highest BCUT2D eigenvalue weighted by Gasteiger charge is 2.31. The Balaban J connectivity index is 2.44. The number of aryl methyl sites for hydroxylation is 1. The second kappa shape index (κ2) is 5.52. The monoisotopic (exact) mass is 284 g/mol. The zero-order chi connectivity index (χ0) is 14.8. The van der Waals surface area contributed by atoms with E-state index in [0.29, 0.717) is 5.56 Å². The van der Waals surface area contributed by atoms with Crippen molar-refractivity contribution in [3.05, 3.63) is 30.1 Å². The summed E-state index contributed by atoms with van der Waals surface area (Å²) in [5.41, 5.74) is 0.0997. The first-order chi connectivity index (χ1) is 9.44. The van der Waals surface area contributed by atoms with E-state index in [2.05, 4.69) is 15.4 Å². The zero-order valence-corrected chi connectivity index (χ0v) is 11.2. The van der Waals surface area contributed by atoms with Crippen LogP contribution in [0.3, 0.4) is 0 Å². The molecular weight excluding hydrogens is 269 g/mol. The first-order valence-electron chi connectivity index (χ1n) is 6.24. The molecule has 108 valence electrons. The lowest BCUT2D eigenvalue weighted by Crippen LogP contribution is -2.07. The van der Waals surface area contributed by atoms with E-state index in [1.807, 2.05) is 6.92 Å². The van der Waals surface area contributed by atoms with Crippen molar-refractivity contribution in [3.8, 4) is 11.3 Å². The van der Waals surface area contributed by atoms with Crippen molar-refractivity contribution < 1.29 is 13.2 Å². The van der Waals surface area contributed by atoms with Crippen molar-refractivity contribution in [1.82, 2.24) is 14.8 Å². The van der Waals surface area contributed by atoms with Crippen molar-refractivity contribution in [1.29, 1.82) is 0 Å². The maximum Gasteiger partial charge on any atom is 0.416 e. The van der Waals surface area contributed by atoms with Crippen molar-refractivity contribution in [3.63, 3.8) is 0 Å². The second-order valence-corrected chi connectivity index (χ2v) is 4.37. The quantitative estimate of drug-likeness (QED) is 0.935. The highest BCUT2D eigenvalue weighted by Crippen LogP contribution is 2.33. The molecule has 4 nitrogen and oxygen atoms in total. The summed E-state index contributed by atoms with van der Waals surface area (Å²) in [5.74, 6) is 0.179. The van der Waals surface area contributed by atoms with Crippen LogP contribution in [0.25, 0.3) is 11.3 Å². The van der Waals surface area contributed by atoms with E-state index >= 15 is 0 Å². The number of rotatable bonds is 4. The lowest BCUT2D eigenvalue weighted by Gasteiger charge is -2.10. The molecule has 20 heavy (non-hydrogen) atoms. The van der Waals surface area contributed by atoms with Crippen molar-refractivity contribution in [2.75, 3.05) is 12.4 Å². The summed E-state index contributed by atoms with van der Waals surface area (Å²) in [5, 5.41) is 6.75. The molecule has 0 saturated heterocycles. The highest BCUT2D eigenvalue weighted by atomic mass is 19.4. The Morgan fingerprint density at radius 1 is 1.30 bits per heavy atom. The van der Waals surface area contributed by atoms with E-state index in [1.165, 1.54) is 13.2 Å². The molecule has 0 fully saturated rings. The van der Waals surface area contributed by atoms with E-state index in [-0.39, 0.29) is 11.5 Å². The van der Waals surface area contributed by atoms with E-state index in [9.17, 15) is 13.2 Å². The molecule has 0 aliphatic carbocycles. The Morgan fingerprint density at radius 2 is 2.05 bits per heavy atom. The summed E-state index contributed by atoms with van der Waals surface area (Å²) in [6.45, 7) is 2.72. The van der Waals surface area contributed by atoms with Crippen molar-refractivity contribution >= 4 is 5.82 Å². The highest BCUT2D eigenvalue weighted by molar-refractivity contribution is 5.61. The third-order valence-corrected chi connectivity index (χ3v) is 2.79. The Hall–Kier alpha value is -2.05. The van der Waals surface area contributed by atoms with Crippen LogP contribution in [0.2, 0.25) is 0 Å². The molecule has 1 N–H and O–H groups in total. The molecular formula is C13H15F3N4. The fourth-order valence-corrected chi connectivity index (χ4v) is 1.82. The van der Waals surface area contributed by atoms with E-state index in [0.717, 1.165) is 25.1 Å². The summed E-state index contributed by atoms with van der Waals surface area (Å²) in [6, 6.07) is 2.02. The number of hydrogen-bond donors (Lipinski definition) is 1. The largest absolute Gasteiger partial charge is 0.416 e. The van der Waals surface area contributed by atoms with Gasteiger partial charge in [-0.25, -0.2) is 4.98 Å². The van der Waals surface area contributed by atoms with Crippen molar-refractivity contribution in [2.45, 2.75) is 26.1 Å². The predicted octanol–water partition coefficient (Wildman–Crippen LogP) is 3.42. The van der Waals surface area contributed by atoms with Gasteiger partial charge in [0.1, 0.15) is 5.82 Å². The van der Waals surface area contributed by atoms with Gasteiger partial charge in [-0.2, -0.15) is 18.3 Å². The number of nitrogens with one attached hydrogen (secondary N) is 1. The fraction of sp³-hybridized carbons (Fsp3) is 0.385. The first-order valence-corrected chi connectivity index (χ1v) is 6.24. The van der Waals surface area contributed by atoms with Crippen LogP contribution in [0.1, 0.15) is 18.9 Å². The third-order valence-electron chi connectivity index (χ3n) is 2.79. The number of hydrogen-bond acceptors (Lipinski definition) is 3. The standard InChI is InChI=1S/C13H15F3N4/c1-3-4-20-8-9(7-18-20)11-5-10(13(14,15)16)6-12(17-2)19-11/h5-8H,3-4H2,1-2H3,(H,17,19). The van der Waals surface area contributed by atoms with Gasteiger partial charge in [0.25, 0.3) is 0 Å². The number of aromatic nitrogens is 3. The molecule has 2 aromatic rings. The molecule has 0 aliphatic rings. The summed E-state index contributed by atoms with van der Waals surface area (Å²) in [7, 11) is 1.53.